The fraction of sp³-hybridized carbons (Fsp3) is 0.500. The average Bonchev–Trinajstić information content (AvgIpc) is 3.18. The summed E-state index contributed by atoms with van der Waals surface area (Å²) in [5.41, 5.74) is 8.85. The van der Waals surface area contributed by atoms with Crippen molar-refractivity contribution >= 4 is 40.8 Å². The van der Waals surface area contributed by atoms with Crippen LogP contribution in [0.15, 0.2) is 28.4 Å². The molecular formula is C22H27ClN6O2S. The number of halogens is 1. The lowest BCUT2D eigenvalue weighted by atomic mass is 9.90. The maximum absolute atomic E-state index is 12.7. The molecule has 5 rings (SSSR count). The van der Waals surface area contributed by atoms with Crippen LogP contribution in [0.2, 0.25) is 5.02 Å². The molecule has 3 aliphatic rings. The molecule has 0 aliphatic carbocycles. The van der Waals surface area contributed by atoms with Crippen LogP contribution in [0.1, 0.15) is 35.7 Å². The summed E-state index contributed by atoms with van der Waals surface area (Å²) in [4.78, 5) is 27.2. The molecule has 8 nitrogen and oxygen atoms in total. The van der Waals surface area contributed by atoms with Gasteiger partial charge in [-0.15, -0.1) is 0 Å². The van der Waals surface area contributed by atoms with Crippen molar-refractivity contribution in [2.75, 3.05) is 49.2 Å². The van der Waals surface area contributed by atoms with Gasteiger partial charge >= 0.3 is 0 Å². The van der Waals surface area contributed by atoms with Crippen LogP contribution in [-0.4, -0.2) is 60.8 Å². The largest absolute Gasteiger partial charge is 0.378 e. The number of carbonyl (C=O) groups excluding carboxylic acids is 1. The molecule has 32 heavy (non-hydrogen) atoms. The molecule has 170 valence electrons. The van der Waals surface area contributed by atoms with Gasteiger partial charge in [0.15, 0.2) is 0 Å². The normalized spacial score (nSPS) is 20.3. The average molecular weight is 475 g/mol. The maximum atomic E-state index is 12.7. The highest BCUT2D eigenvalue weighted by molar-refractivity contribution is 7.99. The molecule has 0 aromatic carbocycles. The minimum atomic E-state index is -0.132. The molecule has 0 unspecified atom stereocenters. The van der Waals surface area contributed by atoms with E-state index in [9.17, 15) is 4.79 Å². The van der Waals surface area contributed by atoms with Gasteiger partial charge in [-0.1, -0.05) is 23.4 Å². The maximum Gasteiger partial charge on any atom is 0.254 e. The number of hydrogen-bond acceptors (Lipinski definition) is 8. The van der Waals surface area contributed by atoms with Gasteiger partial charge in [0.1, 0.15) is 10.8 Å². The molecule has 0 atom stereocenters. The van der Waals surface area contributed by atoms with E-state index in [0.717, 1.165) is 61.0 Å². The molecule has 0 radical (unpaired) electrons. The van der Waals surface area contributed by atoms with E-state index in [4.69, 9.17) is 27.1 Å². The molecule has 2 aromatic heterocycles. The van der Waals surface area contributed by atoms with E-state index in [1.807, 2.05) is 12.3 Å². The first-order valence-corrected chi connectivity index (χ1v) is 12.1. The lowest BCUT2D eigenvalue weighted by Gasteiger charge is -2.38. The third-order valence-corrected chi connectivity index (χ3v) is 7.93. The molecule has 5 heterocycles. The standard InChI is InChI=1S/C22H27ClN6O2S/c1-22(24)3-6-28(7-4-22)15-13-27-21(17-14(15)12-26-20(17)30)32-16-2-5-25-19(18(16)23)29-8-10-31-11-9-29/h2,5,13H,3-4,6-12,24H2,1H3,(H,26,30). The molecule has 0 saturated carbocycles. The van der Waals surface area contributed by atoms with Crippen molar-refractivity contribution in [2.24, 2.45) is 5.73 Å². The molecule has 1 amide bonds. The zero-order chi connectivity index (χ0) is 22.3. The second-order valence-electron chi connectivity index (χ2n) is 8.77. The fourth-order valence-electron chi connectivity index (χ4n) is 4.39. The lowest BCUT2D eigenvalue weighted by Crippen LogP contribution is -2.48. The van der Waals surface area contributed by atoms with Crippen LogP contribution < -0.4 is 20.9 Å². The van der Waals surface area contributed by atoms with E-state index in [0.29, 0.717) is 35.4 Å². The highest BCUT2D eigenvalue weighted by Gasteiger charge is 2.32. The monoisotopic (exact) mass is 474 g/mol. The number of ether oxygens (including phenoxy) is 1. The van der Waals surface area contributed by atoms with E-state index < -0.39 is 0 Å². The first-order valence-electron chi connectivity index (χ1n) is 10.9. The van der Waals surface area contributed by atoms with Gasteiger partial charge < -0.3 is 25.6 Å². The van der Waals surface area contributed by atoms with Crippen molar-refractivity contribution in [3.63, 3.8) is 0 Å². The summed E-state index contributed by atoms with van der Waals surface area (Å²) in [6.07, 6.45) is 5.47. The number of rotatable bonds is 4. The molecule has 2 aromatic rings. The van der Waals surface area contributed by atoms with Crippen LogP contribution in [-0.2, 0) is 11.3 Å². The summed E-state index contributed by atoms with van der Waals surface area (Å²) >= 11 is 8.16. The molecule has 0 bridgehead atoms. The predicted molar refractivity (Wildman–Crippen MR) is 126 cm³/mol. The molecule has 3 aliphatic heterocycles. The zero-order valence-electron chi connectivity index (χ0n) is 18.1. The van der Waals surface area contributed by atoms with Gasteiger partial charge in [-0.2, -0.15) is 0 Å². The number of amides is 1. The van der Waals surface area contributed by atoms with Gasteiger partial charge in [0.25, 0.3) is 5.91 Å². The number of anilines is 2. The third kappa shape index (κ3) is 4.14. The van der Waals surface area contributed by atoms with E-state index in [-0.39, 0.29) is 11.4 Å². The predicted octanol–water partition coefficient (Wildman–Crippen LogP) is 2.68. The van der Waals surface area contributed by atoms with Gasteiger partial charge in [-0.25, -0.2) is 9.97 Å². The number of nitrogens with two attached hydrogens (primary N) is 1. The third-order valence-electron chi connectivity index (χ3n) is 6.38. The second kappa shape index (κ2) is 8.70. The lowest BCUT2D eigenvalue weighted by molar-refractivity contribution is 0.0962. The van der Waals surface area contributed by atoms with Crippen molar-refractivity contribution in [1.82, 2.24) is 15.3 Å². The Morgan fingerprint density at radius 2 is 1.94 bits per heavy atom. The van der Waals surface area contributed by atoms with E-state index in [1.165, 1.54) is 11.8 Å². The van der Waals surface area contributed by atoms with Gasteiger partial charge in [0.05, 0.1) is 35.7 Å². The number of hydrogen-bond donors (Lipinski definition) is 2. The topological polar surface area (TPSA) is 96.6 Å². The van der Waals surface area contributed by atoms with Gasteiger partial charge in [0, 0.05) is 54.9 Å². The Labute approximate surface area is 196 Å². The summed E-state index contributed by atoms with van der Waals surface area (Å²) in [6, 6.07) is 1.87. The number of carbonyl (C=O) groups is 1. The van der Waals surface area contributed by atoms with Crippen LogP contribution in [0.3, 0.4) is 0 Å². The van der Waals surface area contributed by atoms with Gasteiger partial charge in [-0.3, -0.25) is 4.79 Å². The number of morpholine rings is 1. The smallest absolute Gasteiger partial charge is 0.254 e. The van der Waals surface area contributed by atoms with Crippen molar-refractivity contribution in [3.8, 4) is 0 Å². The van der Waals surface area contributed by atoms with Crippen LogP contribution in [0.25, 0.3) is 0 Å². The van der Waals surface area contributed by atoms with Crippen molar-refractivity contribution in [2.45, 2.75) is 41.8 Å². The summed E-state index contributed by atoms with van der Waals surface area (Å²) < 4.78 is 5.44. The highest BCUT2D eigenvalue weighted by Crippen LogP contribution is 2.41. The summed E-state index contributed by atoms with van der Waals surface area (Å²) in [7, 11) is 0. The van der Waals surface area contributed by atoms with Crippen LogP contribution in [0, 0.1) is 0 Å². The SMILES string of the molecule is CC1(N)CCN(c2cnc(Sc3ccnc(N4CCOCC4)c3Cl)c3c2CNC3=O)CC1. The van der Waals surface area contributed by atoms with E-state index in [1.54, 1.807) is 6.20 Å². The van der Waals surface area contributed by atoms with E-state index in [2.05, 4.69) is 27.0 Å². The molecule has 2 saturated heterocycles. The van der Waals surface area contributed by atoms with Crippen LogP contribution >= 0.6 is 23.4 Å². The quantitative estimate of drug-likeness (QED) is 0.698. The first kappa shape index (κ1) is 21.8. The second-order valence-corrected chi connectivity index (χ2v) is 10.2. The Bertz CT molecular complexity index is 1030. The number of nitrogens with zero attached hydrogens (tertiary/aromatic N) is 4. The Kier molecular flexibility index (Phi) is 5.92. The Morgan fingerprint density at radius 3 is 2.69 bits per heavy atom. The van der Waals surface area contributed by atoms with Gasteiger partial charge in [0.2, 0.25) is 0 Å². The van der Waals surface area contributed by atoms with Crippen molar-refractivity contribution < 1.29 is 9.53 Å². The molecule has 10 heteroatoms. The minimum absolute atomic E-state index is 0.0869. The van der Waals surface area contributed by atoms with Crippen molar-refractivity contribution in [1.29, 1.82) is 0 Å². The Hall–Kier alpha value is -2.07. The Morgan fingerprint density at radius 1 is 1.19 bits per heavy atom. The number of nitrogens with one attached hydrogen (secondary N) is 1. The first-order chi connectivity index (χ1) is 15.4. The van der Waals surface area contributed by atoms with Gasteiger partial charge in [-0.05, 0) is 25.8 Å². The summed E-state index contributed by atoms with van der Waals surface area (Å²) in [5.74, 6) is 0.659. The Balaban J connectivity index is 1.44. The summed E-state index contributed by atoms with van der Waals surface area (Å²) in [5, 5.41) is 4.22. The molecular weight excluding hydrogens is 448 g/mol. The number of piperidine rings is 1. The van der Waals surface area contributed by atoms with Crippen LogP contribution in [0.4, 0.5) is 11.5 Å². The number of aromatic nitrogens is 2. The van der Waals surface area contributed by atoms with Crippen LogP contribution in [0.5, 0.6) is 0 Å². The van der Waals surface area contributed by atoms with Crippen molar-refractivity contribution in [3.05, 3.63) is 34.6 Å². The number of fused-ring (bicyclic) bond motifs is 1. The molecule has 0 spiro atoms. The highest BCUT2D eigenvalue weighted by atomic mass is 35.5. The summed E-state index contributed by atoms with van der Waals surface area (Å²) in [6.45, 7) is 7.16. The fourth-order valence-corrected chi connectivity index (χ4v) is 5.68. The number of pyridine rings is 2. The minimum Gasteiger partial charge on any atom is -0.378 e. The van der Waals surface area contributed by atoms with E-state index >= 15 is 0 Å². The zero-order valence-corrected chi connectivity index (χ0v) is 19.6. The molecule has 2 fully saturated rings. The molecule has 3 N–H and O–H groups in total.